The molecular weight excluding hydrogens is 360 g/mol. The molecule has 0 saturated heterocycles. The highest BCUT2D eigenvalue weighted by Crippen LogP contribution is 2.25. The lowest BCUT2D eigenvalue weighted by molar-refractivity contribution is 0.520. The van der Waals surface area contributed by atoms with Crippen LogP contribution in [0, 0.1) is 20.8 Å². The molecule has 0 aromatic heterocycles. The van der Waals surface area contributed by atoms with Gasteiger partial charge in [0.2, 0.25) is 10.0 Å². The van der Waals surface area contributed by atoms with E-state index < -0.39 is 20.0 Å². The second kappa shape index (κ2) is 6.78. The van der Waals surface area contributed by atoms with Gasteiger partial charge in [-0.15, -0.1) is 0 Å². The molecule has 0 amide bonds. The number of benzene rings is 2. The van der Waals surface area contributed by atoms with Gasteiger partial charge < -0.3 is 0 Å². The Kier molecular flexibility index (Phi) is 5.27. The van der Waals surface area contributed by atoms with Crippen molar-refractivity contribution >= 4 is 25.7 Å². The fourth-order valence-electron chi connectivity index (χ4n) is 2.17. The van der Waals surface area contributed by atoms with Gasteiger partial charge in [-0.3, -0.25) is 4.72 Å². The van der Waals surface area contributed by atoms with Crippen LogP contribution in [0.25, 0.3) is 0 Å². The summed E-state index contributed by atoms with van der Waals surface area (Å²) < 4.78 is 53.4. The van der Waals surface area contributed by atoms with E-state index in [9.17, 15) is 16.8 Å². The largest absolute Gasteiger partial charge is 0.279 e. The summed E-state index contributed by atoms with van der Waals surface area (Å²) in [7, 11) is -4.62. The maximum atomic E-state index is 12.6. The van der Waals surface area contributed by atoms with Crippen molar-refractivity contribution in [2.24, 2.45) is 0 Å². The first-order valence-electron chi connectivity index (χ1n) is 7.58. The first kappa shape index (κ1) is 19.4. The monoisotopic (exact) mass is 382 g/mol. The van der Waals surface area contributed by atoms with Crippen LogP contribution in [0.3, 0.4) is 0 Å². The Morgan fingerprint density at radius 1 is 0.760 bits per heavy atom. The van der Waals surface area contributed by atoms with Crippen LogP contribution in [0.5, 0.6) is 0 Å². The molecule has 8 heteroatoms. The third-order valence-corrected chi connectivity index (χ3v) is 7.19. The van der Waals surface area contributed by atoms with Gasteiger partial charge >= 0.3 is 0 Å². The van der Waals surface area contributed by atoms with E-state index in [1.54, 1.807) is 25.1 Å². The molecule has 2 aromatic rings. The molecule has 0 saturated carbocycles. The molecule has 6 nitrogen and oxygen atoms in total. The Balaban J connectivity index is 2.47. The molecule has 0 unspecified atom stereocenters. The van der Waals surface area contributed by atoms with E-state index in [0.29, 0.717) is 5.56 Å². The highest BCUT2D eigenvalue weighted by atomic mass is 32.2. The SMILES string of the molecule is Cc1ccc(S(=O)(=O)Nc2cc(S(=O)(=O)N(C)C)ccc2C)cc1C. The van der Waals surface area contributed by atoms with Gasteiger partial charge in [0.15, 0.2) is 0 Å². The molecule has 0 atom stereocenters. The highest BCUT2D eigenvalue weighted by Gasteiger charge is 2.21. The summed E-state index contributed by atoms with van der Waals surface area (Å²) >= 11 is 0. The van der Waals surface area contributed by atoms with Crippen molar-refractivity contribution in [1.29, 1.82) is 0 Å². The Bertz CT molecular complexity index is 1010. The van der Waals surface area contributed by atoms with Gasteiger partial charge in [-0.2, -0.15) is 0 Å². The van der Waals surface area contributed by atoms with E-state index in [-0.39, 0.29) is 15.5 Å². The van der Waals surface area contributed by atoms with Crippen molar-refractivity contribution < 1.29 is 16.8 Å². The molecule has 0 spiro atoms. The van der Waals surface area contributed by atoms with Gasteiger partial charge in [0, 0.05) is 14.1 Å². The number of hydrogen-bond acceptors (Lipinski definition) is 4. The van der Waals surface area contributed by atoms with Crippen LogP contribution in [0.4, 0.5) is 5.69 Å². The molecule has 2 rings (SSSR count). The average Bonchev–Trinajstić information content (AvgIpc) is 2.51. The van der Waals surface area contributed by atoms with E-state index in [1.807, 2.05) is 13.8 Å². The summed E-state index contributed by atoms with van der Waals surface area (Å²) in [5.41, 5.74) is 2.73. The zero-order chi connectivity index (χ0) is 19.0. The maximum absolute atomic E-state index is 12.6. The molecular formula is C17H22N2O4S2. The summed E-state index contributed by atoms with van der Waals surface area (Å²) in [4.78, 5) is 0.164. The molecule has 0 radical (unpaired) electrons. The number of aryl methyl sites for hydroxylation is 3. The Labute approximate surface area is 149 Å². The molecule has 25 heavy (non-hydrogen) atoms. The number of nitrogens with one attached hydrogen (secondary N) is 1. The van der Waals surface area contributed by atoms with Gasteiger partial charge in [-0.05, 0) is 61.7 Å². The van der Waals surface area contributed by atoms with Crippen molar-refractivity contribution in [2.45, 2.75) is 30.6 Å². The Morgan fingerprint density at radius 3 is 1.88 bits per heavy atom. The van der Waals surface area contributed by atoms with Gasteiger partial charge in [0.25, 0.3) is 10.0 Å². The topological polar surface area (TPSA) is 83.5 Å². The Morgan fingerprint density at radius 2 is 1.32 bits per heavy atom. The van der Waals surface area contributed by atoms with Crippen molar-refractivity contribution in [2.75, 3.05) is 18.8 Å². The van der Waals surface area contributed by atoms with Gasteiger partial charge in [0.05, 0.1) is 15.5 Å². The fraction of sp³-hybridized carbons (Fsp3) is 0.294. The minimum Gasteiger partial charge on any atom is -0.279 e. The molecule has 0 aliphatic rings. The van der Waals surface area contributed by atoms with Crippen molar-refractivity contribution in [1.82, 2.24) is 4.31 Å². The van der Waals surface area contributed by atoms with Crippen LogP contribution in [-0.2, 0) is 20.0 Å². The average molecular weight is 383 g/mol. The minimum atomic E-state index is -3.82. The van der Waals surface area contributed by atoms with Gasteiger partial charge in [-0.1, -0.05) is 12.1 Å². The number of sulfonamides is 2. The smallest absolute Gasteiger partial charge is 0.261 e. The second-order valence-corrected chi connectivity index (χ2v) is 9.95. The van der Waals surface area contributed by atoms with Crippen molar-refractivity contribution in [3.05, 3.63) is 53.1 Å². The van der Waals surface area contributed by atoms with Gasteiger partial charge in [-0.25, -0.2) is 21.1 Å². The van der Waals surface area contributed by atoms with E-state index in [0.717, 1.165) is 15.4 Å². The molecule has 0 aliphatic heterocycles. The van der Waals surface area contributed by atoms with Crippen LogP contribution in [-0.4, -0.2) is 35.2 Å². The predicted octanol–water partition coefficient (Wildman–Crippen LogP) is 2.66. The molecule has 1 N–H and O–H groups in total. The molecule has 0 fully saturated rings. The number of nitrogens with zero attached hydrogens (tertiary/aromatic N) is 1. The van der Waals surface area contributed by atoms with Crippen LogP contribution >= 0.6 is 0 Å². The summed E-state index contributed by atoms with van der Waals surface area (Å²) in [5, 5.41) is 0. The third kappa shape index (κ3) is 4.02. The normalized spacial score (nSPS) is 12.4. The molecule has 136 valence electrons. The molecule has 2 aromatic carbocycles. The van der Waals surface area contributed by atoms with Crippen LogP contribution in [0.1, 0.15) is 16.7 Å². The van der Waals surface area contributed by atoms with Crippen LogP contribution < -0.4 is 4.72 Å². The van der Waals surface area contributed by atoms with Crippen LogP contribution in [0.15, 0.2) is 46.2 Å². The fourth-order valence-corrected chi connectivity index (χ4v) is 4.30. The molecule has 0 heterocycles. The molecule has 0 bridgehead atoms. The van der Waals surface area contributed by atoms with E-state index >= 15 is 0 Å². The lowest BCUT2D eigenvalue weighted by Crippen LogP contribution is -2.22. The number of hydrogen-bond donors (Lipinski definition) is 1. The lowest BCUT2D eigenvalue weighted by atomic mass is 10.1. The highest BCUT2D eigenvalue weighted by molar-refractivity contribution is 7.92. The summed E-state index contributed by atoms with van der Waals surface area (Å²) in [6.45, 7) is 5.45. The quantitative estimate of drug-likeness (QED) is 0.862. The summed E-state index contributed by atoms with van der Waals surface area (Å²) in [6.07, 6.45) is 0. The Hall–Kier alpha value is -1.90. The van der Waals surface area contributed by atoms with E-state index in [2.05, 4.69) is 4.72 Å². The van der Waals surface area contributed by atoms with Gasteiger partial charge in [0.1, 0.15) is 0 Å². The standard InChI is InChI=1S/C17H22N2O4S2/c1-12-6-8-15(10-14(12)3)24(20,21)18-17-11-16(9-7-13(17)2)25(22,23)19(4)5/h6-11,18H,1-5H3. The van der Waals surface area contributed by atoms with E-state index in [4.69, 9.17) is 0 Å². The first-order valence-corrected chi connectivity index (χ1v) is 10.5. The maximum Gasteiger partial charge on any atom is 0.261 e. The van der Waals surface area contributed by atoms with Crippen molar-refractivity contribution in [3.8, 4) is 0 Å². The number of anilines is 1. The number of rotatable bonds is 5. The lowest BCUT2D eigenvalue weighted by Gasteiger charge is -2.15. The summed E-state index contributed by atoms with van der Waals surface area (Å²) in [5.74, 6) is 0. The zero-order valence-corrected chi connectivity index (χ0v) is 16.5. The van der Waals surface area contributed by atoms with E-state index in [1.165, 1.54) is 32.3 Å². The van der Waals surface area contributed by atoms with Crippen molar-refractivity contribution in [3.63, 3.8) is 0 Å². The second-order valence-electron chi connectivity index (χ2n) is 6.12. The predicted molar refractivity (Wildman–Crippen MR) is 98.8 cm³/mol. The third-order valence-electron chi connectivity index (χ3n) is 4.02. The molecule has 0 aliphatic carbocycles. The minimum absolute atomic E-state index is 0.0286. The van der Waals surface area contributed by atoms with Crippen LogP contribution in [0.2, 0.25) is 0 Å². The first-order chi connectivity index (χ1) is 11.4. The zero-order valence-electron chi connectivity index (χ0n) is 14.9. The summed E-state index contributed by atoms with van der Waals surface area (Å²) in [6, 6.07) is 9.23.